The Morgan fingerprint density at radius 3 is 2.73 bits per heavy atom. The van der Waals surface area contributed by atoms with Gasteiger partial charge in [0.05, 0.1) is 6.42 Å². The highest BCUT2D eigenvalue weighted by atomic mass is 16.4. The molecule has 1 aromatic heterocycles. The lowest BCUT2D eigenvalue weighted by Gasteiger charge is -2.37. The molecule has 0 aromatic carbocycles. The third kappa shape index (κ3) is 1.81. The van der Waals surface area contributed by atoms with E-state index in [1.54, 1.807) is 24.5 Å². The molecule has 2 heterocycles. The van der Waals surface area contributed by atoms with E-state index in [0.717, 1.165) is 5.56 Å². The fraction of sp³-hybridized carbons (Fsp3) is 0.300. The van der Waals surface area contributed by atoms with Crippen LogP contribution in [0.5, 0.6) is 0 Å². The first-order chi connectivity index (χ1) is 7.18. The number of aliphatic carboxylic acids is 1. The molecule has 0 radical (unpaired) electrons. The number of hydrogen-bond acceptors (Lipinski definition) is 3. The van der Waals surface area contributed by atoms with Gasteiger partial charge >= 0.3 is 5.97 Å². The van der Waals surface area contributed by atoms with E-state index in [1.165, 1.54) is 4.90 Å². The predicted octanol–water partition coefficient (Wildman–Crippen LogP) is 0.267. The summed E-state index contributed by atoms with van der Waals surface area (Å²) in [6.45, 7) is 0.346. The van der Waals surface area contributed by atoms with Gasteiger partial charge in [0.25, 0.3) is 0 Å². The molecule has 1 unspecified atom stereocenters. The van der Waals surface area contributed by atoms with Gasteiger partial charge in [-0.25, -0.2) is 4.79 Å². The van der Waals surface area contributed by atoms with E-state index in [9.17, 15) is 9.59 Å². The summed E-state index contributed by atoms with van der Waals surface area (Å²) in [7, 11) is 0. The molecule has 1 amide bonds. The first-order valence-electron chi connectivity index (χ1n) is 4.59. The third-order valence-corrected chi connectivity index (χ3v) is 2.45. The van der Waals surface area contributed by atoms with Crippen molar-refractivity contribution in [2.45, 2.75) is 19.0 Å². The molecule has 1 fully saturated rings. The van der Waals surface area contributed by atoms with Gasteiger partial charge in [-0.2, -0.15) is 0 Å². The Balaban J connectivity index is 2.06. The highest BCUT2D eigenvalue weighted by Gasteiger charge is 2.40. The maximum Gasteiger partial charge on any atom is 0.326 e. The van der Waals surface area contributed by atoms with E-state index >= 15 is 0 Å². The van der Waals surface area contributed by atoms with Gasteiger partial charge in [0.15, 0.2) is 0 Å². The molecule has 15 heavy (non-hydrogen) atoms. The summed E-state index contributed by atoms with van der Waals surface area (Å²) >= 11 is 0. The summed E-state index contributed by atoms with van der Waals surface area (Å²) in [6, 6.07) is 2.88. The Hall–Kier alpha value is -1.91. The molecule has 0 bridgehead atoms. The molecule has 1 N–H and O–H groups in total. The number of pyridine rings is 1. The highest BCUT2D eigenvalue weighted by Crippen LogP contribution is 2.21. The summed E-state index contributed by atoms with van der Waals surface area (Å²) in [4.78, 5) is 27.1. The third-order valence-electron chi connectivity index (χ3n) is 2.45. The smallest absolute Gasteiger partial charge is 0.326 e. The second kappa shape index (κ2) is 3.68. The molecule has 0 aliphatic carbocycles. The minimum absolute atomic E-state index is 0.112. The van der Waals surface area contributed by atoms with Crippen molar-refractivity contribution in [1.29, 1.82) is 0 Å². The lowest BCUT2D eigenvalue weighted by Crippen LogP contribution is -2.55. The van der Waals surface area contributed by atoms with Crippen LogP contribution in [0.25, 0.3) is 0 Å². The van der Waals surface area contributed by atoms with E-state index in [4.69, 9.17) is 5.11 Å². The minimum atomic E-state index is -0.941. The predicted molar refractivity (Wildman–Crippen MR) is 50.8 cm³/mol. The number of nitrogens with zero attached hydrogens (tertiary/aromatic N) is 2. The number of carbonyl (C=O) groups is 2. The number of aromatic nitrogens is 1. The molecule has 0 saturated carbocycles. The molecule has 2 rings (SSSR count). The number of rotatable bonds is 3. The maximum absolute atomic E-state index is 11.2. The second-order valence-electron chi connectivity index (χ2n) is 3.44. The van der Waals surface area contributed by atoms with E-state index in [1.807, 2.05) is 0 Å². The molecule has 1 atom stereocenters. The van der Waals surface area contributed by atoms with Gasteiger partial charge < -0.3 is 10.0 Å². The molecule has 1 saturated heterocycles. The fourth-order valence-electron chi connectivity index (χ4n) is 1.56. The molecule has 1 aliphatic heterocycles. The van der Waals surface area contributed by atoms with Crippen LogP contribution in [0.1, 0.15) is 12.0 Å². The van der Waals surface area contributed by atoms with Crippen molar-refractivity contribution < 1.29 is 14.7 Å². The normalized spacial score (nSPS) is 19.9. The zero-order valence-electron chi connectivity index (χ0n) is 7.96. The van der Waals surface area contributed by atoms with Crippen LogP contribution in [0, 0.1) is 0 Å². The molecule has 1 aliphatic rings. The lowest BCUT2D eigenvalue weighted by molar-refractivity contribution is -0.162. The van der Waals surface area contributed by atoms with E-state index in [0.29, 0.717) is 6.54 Å². The Kier molecular flexibility index (Phi) is 2.37. The van der Waals surface area contributed by atoms with Gasteiger partial charge in [-0.3, -0.25) is 9.78 Å². The van der Waals surface area contributed by atoms with Crippen LogP contribution in [0.2, 0.25) is 0 Å². The first-order valence-corrected chi connectivity index (χ1v) is 4.59. The SMILES string of the molecule is O=C(O)C1CC(=O)N1Cc1ccncc1. The molecule has 0 spiro atoms. The number of likely N-dealkylation sites (tertiary alicyclic amines) is 1. The fourth-order valence-corrected chi connectivity index (χ4v) is 1.56. The van der Waals surface area contributed by atoms with Gasteiger partial charge in [-0.05, 0) is 17.7 Å². The lowest BCUT2D eigenvalue weighted by atomic mass is 10.0. The van der Waals surface area contributed by atoms with Crippen molar-refractivity contribution in [2.75, 3.05) is 0 Å². The van der Waals surface area contributed by atoms with Crippen molar-refractivity contribution in [1.82, 2.24) is 9.88 Å². The van der Waals surface area contributed by atoms with Gasteiger partial charge in [0.1, 0.15) is 6.04 Å². The molecule has 1 aromatic rings. The largest absolute Gasteiger partial charge is 0.480 e. The average molecular weight is 206 g/mol. The monoisotopic (exact) mass is 206 g/mol. The van der Waals surface area contributed by atoms with Crippen LogP contribution < -0.4 is 0 Å². The number of amides is 1. The number of hydrogen-bond donors (Lipinski definition) is 1. The van der Waals surface area contributed by atoms with Crippen molar-refractivity contribution in [2.24, 2.45) is 0 Å². The number of carboxylic acid groups (broad SMARTS) is 1. The number of β-lactam (4-membered cyclic amide) rings is 1. The number of carbonyl (C=O) groups excluding carboxylic acids is 1. The summed E-state index contributed by atoms with van der Waals surface area (Å²) in [6.07, 6.45) is 3.35. The topological polar surface area (TPSA) is 70.5 Å². The van der Waals surface area contributed by atoms with Crippen molar-refractivity contribution in [3.63, 3.8) is 0 Å². The van der Waals surface area contributed by atoms with E-state index in [2.05, 4.69) is 4.98 Å². The van der Waals surface area contributed by atoms with Crippen LogP contribution in [-0.2, 0) is 16.1 Å². The summed E-state index contributed by atoms with van der Waals surface area (Å²) < 4.78 is 0. The second-order valence-corrected chi connectivity index (χ2v) is 3.44. The summed E-state index contributed by atoms with van der Waals surface area (Å²) in [5.74, 6) is -1.05. The van der Waals surface area contributed by atoms with Crippen LogP contribution >= 0.6 is 0 Å². The Morgan fingerprint density at radius 1 is 1.53 bits per heavy atom. The first kappa shape index (κ1) is 9.64. The summed E-state index contributed by atoms with van der Waals surface area (Å²) in [5.41, 5.74) is 0.893. The van der Waals surface area contributed by atoms with E-state index in [-0.39, 0.29) is 12.3 Å². The molecular formula is C10H10N2O3. The van der Waals surface area contributed by atoms with Gasteiger partial charge in [-0.1, -0.05) is 0 Å². The zero-order chi connectivity index (χ0) is 10.8. The van der Waals surface area contributed by atoms with Crippen molar-refractivity contribution in [3.8, 4) is 0 Å². The molecule has 78 valence electrons. The van der Waals surface area contributed by atoms with Crippen LogP contribution in [0.3, 0.4) is 0 Å². The van der Waals surface area contributed by atoms with Crippen LogP contribution in [-0.4, -0.2) is 32.9 Å². The van der Waals surface area contributed by atoms with E-state index < -0.39 is 12.0 Å². The van der Waals surface area contributed by atoms with Crippen molar-refractivity contribution >= 4 is 11.9 Å². The highest BCUT2D eigenvalue weighted by molar-refractivity contribution is 5.94. The molecular weight excluding hydrogens is 196 g/mol. The Morgan fingerprint density at radius 2 is 2.20 bits per heavy atom. The standard InChI is InChI=1S/C10H10N2O3/c13-9-5-8(10(14)15)12(9)6-7-1-3-11-4-2-7/h1-4,8H,5-6H2,(H,14,15). The average Bonchev–Trinajstić information content (AvgIpc) is 2.23. The van der Waals surface area contributed by atoms with Gasteiger partial charge in [0.2, 0.25) is 5.91 Å². The Bertz CT molecular complexity index is 391. The zero-order valence-corrected chi connectivity index (χ0v) is 7.96. The number of carboxylic acids is 1. The minimum Gasteiger partial charge on any atom is -0.480 e. The van der Waals surface area contributed by atoms with Gasteiger partial charge in [-0.15, -0.1) is 0 Å². The molecule has 5 heteroatoms. The van der Waals surface area contributed by atoms with Gasteiger partial charge in [0, 0.05) is 18.9 Å². The van der Waals surface area contributed by atoms with Crippen molar-refractivity contribution in [3.05, 3.63) is 30.1 Å². The summed E-state index contributed by atoms with van der Waals surface area (Å²) in [5, 5.41) is 8.79. The molecule has 5 nitrogen and oxygen atoms in total. The maximum atomic E-state index is 11.2. The quantitative estimate of drug-likeness (QED) is 0.720. The Labute approximate surface area is 86.3 Å². The van der Waals surface area contributed by atoms with Crippen LogP contribution in [0.4, 0.5) is 0 Å². The van der Waals surface area contributed by atoms with Crippen LogP contribution in [0.15, 0.2) is 24.5 Å².